The first-order chi connectivity index (χ1) is 10.0. The average molecular weight is 306 g/mol. The number of hydrogen-bond donors (Lipinski definition) is 2. The molecule has 0 unspecified atom stereocenters. The molecule has 5 nitrogen and oxygen atoms in total. The molecule has 21 heavy (non-hydrogen) atoms. The number of ether oxygens (including phenoxy) is 1. The second-order valence-corrected chi connectivity index (χ2v) is 4.56. The van der Waals surface area contributed by atoms with E-state index < -0.39 is 11.9 Å². The first-order valence-electron chi connectivity index (χ1n) is 6.00. The molecular formula is C15H12ClNO4. The van der Waals surface area contributed by atoms with Gasteiger partial charge in [0.1, 0.15) is 5.75 Å². The fourth-order valence-electron chi connectivity index (χ4n) is 1.78. The standard InChI is InChI=1S/C15H12ClNO4/c1-21-9-6-7-11(15(19)20)13(8-9)17-14(18)10-4-2-3-5-12(10)16/h2-8H,1H3,(H,17,18)(H,19,20). The van der Waals surface area contributed by atoms with Crippen LogP contribution in [0.15, 0.2) is 42.5 Å². The minimum absolute atomic E-state index is 0.0313. The van der Waals surface area contributed by atoms with Crippen LogP contribution in [0.1, 0.15) is 20.7 Å². The van der Waals surface area contributed by atoms with Crippen molar-refractivity contribution in [3.63, 3.8) is 0 Å². The number of amides is 1. The predicted octanol–water partition coefficient (Wildman–Crippen LogP) is 3.30. The summed E-state index contributed by atoms with van der Waals surface area (Å²) in [6, 6.07) is 10.8. The van der Waals surface area contributed by atoms with Crippen molar-refractivity contribution in [1.29, 1.82) is 0 Å². The van der Waals surface area contributed by atoms with Gasteiger partial charge in [-0.05, 0) is 24.3 Å². The molecule has 1 amide bonds. The zero-order chi connectivity index (χ0) is 15.4. The lowest BCUT2D eigenvalue weighted by Gasteiger charge is -2.11. The molecule has 0 fully saturated rings. The zero-order valence-corrected chi connectivity index (χ0v) is 11.8. The number of rotatable bonds is 4. The Morgan fingerprint density at radius 3 is 2.48 bits per heavy atom. The summed E-state index contributed by atoms with van der Waals surface area (Å²) >= 11 is 5.94. The lowest BCUT2D eigenvalue weighted by molar-refractivity contribution is 0.0698. The fraction of sp³-hybridized carbons (Fsp3) is 0.0667. The molecule has 0 aliphatic carbocycles. The third kappa shape index (κ3) is 3.32. The molecule has 2 aromatic carbocycles. The van der Waals surface area contributed by atoms with E-state index in [1.165, 1.54) is 25.3 Å². The predicted molar refractivity (Wildman–Crippen MR) is 79.4 cm³/mol. The first kappa shape index (κ1) is 14.9. The van der Waals surface area contributed by atoms with Gasteiger partial charge in [-0.15, -0.1) is 0 Å². The highest BCUT2D eigenvalue weighted by Gasteiger charge is 2.16. The van der Waals surface area contributed by atoms with Gasteiger partial charge in [-0.3, -0.25) is 4.79 Å². The molecule has 108 valence electrons. The van der Waals surface area contributed by atoms with Crippen LogP contribution < -0.4 is 10.1 Å². The Bertz CT molecular complexity index is 700. The number of methoxy groups -OCH3 is 1. The smallest absolute Gasteiger partial charge is 0.337 e. The Labute approximate surface area is 126 Å². The van der Waals surface area contributed by atoms with Gasteiger partial charge in [0, 0.05) is 6.07 Å². The monoisotopic (exact) mass is 305 g/mol. The summed E-state index contributed by atoms with van der Waals surface area (Å²) in [7, 11) is 1.45. The van der Waals surface area contributed by atoms with E-state index >= 15 is 0 Å². The van der Waals surface area contributed by atoms with Crippen LogP contribution >= 0.6 is 11.6 Å². The lowest BCUT2D eigenvalue weighted by atomic mass is 10.1. The van der Waals surface area contributed by atoms with Crippen molar-refractivity contribution in [2.75, 3.05) is 12.4 Å². The number of aromatic carboxylic acids is 1. The van der Waals surface area contributed by atoms with Crippen molar-refractivity contribution in [1.82, 2.24) is 0 Å². The molecule has 0 radical (unpaired) electrons. The molecule has 0 aliphatic rings. The Kier molecular flexibility index (Phi) is 4.45. The summed E-state index contributed by atoms with van der Waals surface area (Å²) in [6.45, 7) is 0. The summed E-state index contributed by atoms with van der Waals surface area (Å²) in [5.74, 6) is -1.20. The molecule has 0 saturated carbocycles. The number of nitrogens with one attached hydrogen (secondary N) is 1. The van der Waals surface area contributed by atoms with Crippen LogP contribution in [0.5, 0.6) is 5.75 Å². The van der Waals surface area contributed by atoms with Crippen molar-refractivity contribution in [2.45, 2.75) is 0 Å². The highest BCUT2D eigenvalue weighted by molar-refractivity contribution is 6.34. The number of carbonyl (C=O) groups excluding carboxylic acids is 1. The van der Waals surface area contributed by atoms with Crippen molar-refractivity contribution >= 4 is 29.2 Å². The van der Waals surface area contributed by atoms with Crippen molar-refractivity contribution < 1.29 is 19.4 Å². The third-order valence-corrected chi connectivity index (χ3v) is 3.15. The number of benzene rings is 2. The first-order valence-corrected chi connectivity index (χ1v) is 6.38. The van der Waals surface area contributed by atoms with Gasteiger partial charge < -0.3 is 15.2 Å². The van der Waals surface area contributed by atoms with Crippen LogP contribution in [0.4, 0.5) is 5.69 Å². The highest BCUT2D eigenvalue weighted by atomic mass is 35.5. The maximum atomic E-state index is 12.2. The molecule has 0 bridgehead atoms. The van der Waals surface area contributed by atoms with E-state index in [-0.39, 0.29) is 21.8 Å². The van der Waals surface area contributed by atoms with E-state index in [0.29, 0.717) is 5.75 Å². The summed E-state index contributed by atoms with van der Waals surface area (Å²) in [6.07, 6.45) is 0. The molecule has 2 N–H and O–H groups in total. The second-order valence-electron chi connectivity index (χ2n) is 4.15. The topological polar surface area (TPSA) is 75.6 Å². The van der Waals surface area contributed by atoms with Gasteiger partial charge in [0.2, 0.25) is 0 Å². The molecule has 0 saturated heterocycles. The maximum Gasteiger partial charge on any atom is 0.337 e. The quantitative estimate of drug-likeness (QED) is 0.908. The van der Waals surface area contributed by atoms with Gasteiger partial charge >= 0.3 is 5.97 Å². The Morgan fingerprint density at radius 1 is 1.14 bits per heavy atom. The zero-order valence-electron chi connectivity index (χ0n) is 11.1. The Hall–Kier alpha value is -2.53. The molecular weight excluding hydrogens is 294 g/mol. The van der Waals surface area contributed by atoms with Gasteiger partial charge in [-0.1, -0.05) is 23.7 Å². The van der Waals surface area contributed by atoms with Crippen LogP contribution in [-0.2, 0) is 0 Å². The van der Waals surface area contributed by atoms with Gasteiger partial charge in [0.05, 0.1) is 28.9 Å². The van der Waals surface area contributed by atoms with Crippen LogP contribution in [0.3, 0.4) is 0 Å². The molecule has 0 heterocycles. The van der Waals surface area contributed by atoms with Crippen LogP contribution in [0.25, 0.3) is 0 Å². The molecule has 0 aromatic heterocycles. The van der Waals surface area contributed by atoms with Gasteiger partial charge in [0.15, 0.2) is 0 Å². The van der Waals surface area contributed by atoms with E-state index in [1.54, 1.807) is 24.3 Å². The molecule has 2 rings (SSSR count). The lowest BCUT2D eigenvalue weighted by Crippen LogP contribution is -2.15. The largest absolute Gasteiger partial charge is 0.497 e. The van der Waals surface area contributed by atoms with E-state index in [1.807, 2.05) is 0 Å². The molecule has 2 aromatic rings. The molecule has 0 spiro atoms. The summed E-state index contributed by atoms with van der Waals surface area (Å²) in [5, 5.41) is 12.0. The second kappa shape index (κ2) is 6.28. The minimum Gasteiger partial charge on any atom is -0.497 e. The normalized spacial score (nSPS) is 10.0. The van der Waals surface area contributed by atoms with E-state index in [2.05, 4.69) is 5.32 Å². The van der Waals surface area contributed by atoms with Crippen LogP contribution in [0, 0.1) is 0 Å². The molecule has 6 heteroatoms. The Morgan fingerprint density at radius 2 is 1.86 bits per heavy atom. The number of anilines is 1. The number of carbonyl (C=O) groups is 2. The van der Waals surface area contributed by atoms with Crippen molar-refractivity contribution in [3.8, 4) is 5.75 Å². The van der Waals surface area contributed by atoms with Crippen LogP contribution in [-0.4, -0.2) is 24.1 Å². The summed E-state index contributed by atoms with van der Waals surface area (Å²) < 4.78 is 5.03. The summed E-state index contributed by atoms with van der Waals surface area (Å²) in [5.41, 5.74) is 0.376. The highest BCUT2D eigenvalue weighted by Crippen LogP contribution is 2.24. The van der Waals surface area contributed by atoms with E-state index in [9.17, 15) is 9.59 Å². The number of hydrogen-bond acceptors (Lipinski definition) is 3. The minimum atomic E-state index is -1.15. The SMILES string of the molecule is COc1ccc(C(=O)O)c(NC(=O)c2ccccc2Cl)c1. The fourth-order valence-corrected chi connectivity index (χ4v) is 2.00. The number of carboxylic acid groups (broad SMARTS) is 1. The maximum absolute atomic E-state index is 12.2. The van der Waals surface area contributed by atoms with Gasteiger partial charge in [0.25, 0.3) is 5.91 Å². The van der Waals surface area contributed by atoms with Crippen molar-refractivity contribution in [3.05, 3.63) is 58.6 Å². The number of halogens is 1. The van der Waals surface area contributed by atoms with Gasteiger partial charge in [-0.25, -0.2) is 4.79 Å². The molecule has 0 atom stereocenters. The summed E-state index contributed by atoms with van der Waals surface area (Å²) in [4.78, 5) is 23.4. The average Bonchev–Trinajstić information content (AvgIpc) is 2.47. The van der Waals surface area contributed by atoms with Crippen LogP contribution in [0.2, 0.25) is 5.02 Å². The number of carboxylic acids is 1. The van der Waals surface area contributed by atoms with Gasteiger partial charge in [-0.2, -0.15) is 0 Å². The Balaban J connectivity index is 2.36. The van der Waals surface area contributed by atoms with Crippen molar-refractivity contribution in [2.24, 2.45) is 0 Å². The molecule has 0 aliphatic heterocycles. The van der Waals surface area contributed by atoms with E-state index in [0.717, 1.165) is 0 Å². The third-order valence-electron chi connectivity index (χ3n) is 2.82. The van der Waals surface area contributed by atoms with E-state index in [4.69, 9.17) is 21.4 Å².